The first kappa shape index (κ1) is 13.5. The van der Waals surface area contributed by atoms with E-state index in [4.69, 9.17) is 0 Å². The largest absolute Gasteiger partial charge is 0.331 e. The first-order valence-electron chi connectivity index (χ1n) is 6.68. The fourth-order valence-electron chi connectivity index (χ4n) is 2.51. The van der Waals surface area contributed by atoms with Crippen molar-refractivity contribution in [2.75, 3.05) is 26.2 Å². The van der Waals surface area contributed by atoms with Crippen LogP contribution in [0.1, 0.15) is 46.0 Å². The van der Waals surface area contributed by atoms with Gasteiger partial charge in [-0.1, -0.05) is 13.8 Å². The van der Waals surface area contributed by atoms with E-state index in [0.717, 1.165) is 39.0 Å². The summed E-state index contributed by atoms with van der Waals surface area (Å²) in [5, 5.41) is 0. The van der Waals surface area contributed by atoms with E-state index < -0.39 is 0 Å². The molecular formula is C13H25N2O. The van der Waals surface area contributed by atoms with Crippen molar-refractivity contribution >= 4 is 6.41 Å². The van der Waals surface area contributed by atoms with Crippen molar-refractivity contribution in [3.8, 4) is 0 Å². The van der Waals surface area contributed by atoms with Crippen molar-refractivity contribution in [3.63, 3.8) is 0 Å². The summed E-state index contributed by atoms with van der Waals surface area (Å²) in [6, 6.07) is 0.460. The molecule has 16 heavy (non-hydrogen) atoms. The predicted octanol–water partition coefficient (Wildman–Crippen LogP) is 2.03. The van der Waals surface area contributed by atoms with Crippen molar-refractivity contribution in [2.45, 2.75) is 52.0 Å². The second kappa shape index (κ2) is 7.66. The minimum atomic E-state index is 0.460. The Labute approximate surface area is 99.8 Å². The van der Waals surface area contributed by atoms with Crippen molar-refractivity contribution in [2.24, 2.45) is 0 Å². The van der Waals surface area contributed by atoms with Crippen molar-refractivity contribution in [1.29, 1.82) is 0 Å². The molecule has 1 amide bonds. The molecule has 1 fully saturated rings. The van der Waals surface area contributed by atoms with E-state index in [0.29, 0.717) is 6.04 Å². The van der Waals surface area contributed by atoms with E-state index in [2.05, 4.69) is 25.2 Å². The summed E-state index contributed by atoms with van der Waals surface area (Å²) in [4.78, 5) is 15.1. The highest BCUT2D eigenvalue weighted by Crippen LogP contribution is 2.19. The van der Waals surface area contributed by atoms with Crippen molar-refractivity contribution < 1.29 is 4.79 Å². The van der Waals surface area contributed by atoms with Crippen LogP contribution < -0.4 is 0 Å². The van der Waals surface area contributed by atoms with Crippen molar-refractivity contribution in [1.82, 2.24) is 9.80 Å². The van der Waals surface area contributed by atoms with Crippen LogP contribution in [0.15, 0.2) is 0 Å². The molecule has 0 aliphatic carbocycles. The molecular weight excluding hydrogens is 200 g/mol. The van der Waals surface area contributed by atoms with E-state index in [9.17, 15) is 4.79 Å². The topological polar surface area (TPSA) is 23.6 Å². The Balaban J connectivity index is 2.22. The maximum atomic E-state index is 10.8. The molecule has 3 heteroatoms. The van der Waals surface area contributed by atoms with Gasteiger partial charge in [-0.2, -0.15) is 0 Å². The van der Waals surface area contributed by atoms with Gasteiger partial charge in [-0.05, 0) is 51.7 Å². The number of nitrogens with zero attached hydrogens (tertiary/aromatic N) is 2. The molecule has 0 aromatic rings. The molecule has 0 aromatic carbocycles. The molecule has 1 aliphatic rings. The summed E-state index contributed by atoms with van der Waals surface area (Å²) in [5.74, 6) is 0. The zero-order valence-electron chi connectivity index (χ0n) is 10.7. The van der Waals surface area contributed by atoms with Gasteiger partial charge in [0.05, 0.1) is 0 Å². The van der Waals surface area contributed by atoms with Crippen LogP contribution in [0.5, 0.6) is 0 Å². The number of amides is 1. The van der Waals surface area contributed by atoms with Crippen LogP contribution >= 0.6 is 0 Å². The Morgan fingerprint density at radius 1 is 1.31 bits per heavy atom. The van der Waals surface area contributed by atoms with Gasteiger partial charge in [0, 0.05) is 12.6 Å². The lowest BCUT2D eigenvalue weighted by Gasteiger charge is -2.32. The lowest BCUT2D eigenvalue weighted by Crippen LogP contribution is -2.38. The van der Waals surface area contributed by atoms with Crippen LogP contribution in [-0.2, 0) is 4.79 Å². The van der Waals surface area contributed by atoms with Crippen LogP contribution in [0.4, 0.5) is 0 Å². The predicted molar refractivity (Wildman–Crippen MR) is 67.1 cm³/mol. The zero-order valence-corrected chi connectivity index (χ0v) is 10.7. The second-order valence-corrected chi connectivity index (χ2v) is 4.60. The third kappa shape index (κ3) is 4.12. The number of hydrogen-bond donors (Lipinski definition) is 0. The molecule has 1 atom stereocenters. The van der Waals surface area contributed by atoms with Crippen LogP contribution in [0.2, 0.25) is 0 Å². The average molecular weight is 225 g/mol. The summed E-state index contributed by atoms with van der Waals surface area (Å²) in [7, 11) is 0. The minimum absolute atomic E-state index is 0.460. The first-order chi connectivity index (χ1) is 7.81. The highest BCUT2D eigenvalue weighted by atomic mass is 16.1. The molecule has 3 nitrogen and oxygen atoms in total. The summed E-state index contributed by atoms with van der Waals surface area (Å²) in [6.45, 7) is 8.75. The van der Waals surface area contributed by atoms with Gasteiger partial charge in [0.2, 0.25) is 0 Å². The van der Waals surface area contributed by atoms with E-state index in [1.54, 1.807) is 0 Å². The molecule has 0 bridgehead atoms. The molecule has 1 unspecified atom stereocenters. The smallest absolute Gasteiger partial charge is 0.312 e. The molecule has 1 radical (unpaired) electrons. The lowest BCUT2D eigenvalue weighted by atomic mass is 9.98. The van der Waals surface area contributed by atoms with Gasteiger partial charge >= 0.3 is 6.41 Å². The Morgan fingerprint density at radius 3 is 2.69 bits per heavy atom. The fourth-order valence-corrected chi connectivity index (χ4v) is 2.51. The maximum absolute atomic E-state index is 10.8. The van der Waals surface area contributed by atoms with E-state index >= 15 is 0 Å². The zero-order chi connectivity index (χ0) is 11.8. The average Bonchev–Trinajstić information content (AvgIpc) is 2.35. The molecule has 1 rings (SSSR count). The monoisotopic (exact) mass is 225 g/mol. The molecule has 1 aliphatic heterocycles. The Bertz CT molecular complexity index is 192. The molecule has 1 heterocycles. The van der Waals surface area contributed by atoms with Gasteiger partial charge in [-0.3, -0.25) is 4.79 Å². The van der Waals surface area contributed by atoms with Crippen LogP contribution in [0.3, 0.4) is 0 Å². The number of carbonyl (C=O) groups excluding carboxylic acids is 1. The SMILES string of the molecule is CCN(CC)CCCC1CCCCN1[C]=O. The first-order valence-corrected chi connectivity index (χ1v) is 6.68. The van der Waals surface area contributed by atoms with Gasteiger partial charge in [-0.25, -0.2) is 0 Å². The van der Waals surface area contributed by atoms with Crippen LogP contribution in [0, 0.1) is 0 Å². The number of piperidine rings is 1. The standard InChI is InChI=1S/C13H25N2O/c1-3-14(4-2)10-7-9-13-8-5-6-11-15(13)12-16/h13H,3-11H2,1-2H3. The van der Waals surface area contributed by atoms with E-state index in [1.165, 1.54) is 19.3 Å². The van der Waals surface area contributed by atoms with Crippen LogP contribution in [0.25, 0.3) is 0 Å². The molecule has 1 saturated heterocycles. The fraction of sp³-hybridized carbons (Fsp3) is 0.923. The summed E-state index contributed by atoms with van der Waals surface area (Å²) < 4.78 is 0. The van der Waals surface area contributed by atoms with Crippen molar-refractivity contribution in [3.05, 3.63) is 0 Å². The minimum Gasteiger partial charge on any atom is -0.331 e. The van der Waals surface area contributed by atoms with Gasteiger partial charge in [-0.15, -0.1) is 0 Å². The Morgan fingerprint density at radius 2 is 2.06 bits per heavy atom. The molecule has 0 saturated carbocycles. The number of hydrogen-bond acceptors (Lipinski definition) is 2. The Kier molecular flexibility index (Phi) is 6.46. The summed E-state index contributed by atoms with van der Waals surface area (Å²) in [6.07, 6.45) is 8.03. The normalized spacial score (nSPS) is 21.4. The van der Waals surface area contributed by atoms with Gasteiger partial charge in [0.25, 0.3) is 0 Å². The molecule has 0 spiro atoms. The van der Waals surface area contributed by atoms with Gasteiger partial charge < -0.3 is 9.80 Å². The third-order valence-electron chi connectivity index (χ3n) is 3.65. The molecule has 0 N–H and O–H groups in total. The molecule has 93 valence electrons. The summed E-state index contributed by atoms with van der Waals surface area (Å²) in [5.41, 5.74) is 0. The third-order valence-corrected chi connectivity index (χ3v) is 3.65. The van der Waals surface area contributed by atoms with E-state index in [1.807, 2.05) is 4.90 Å². The maximum Gasteiger partial charge on any atom is 0.312 e. The van der Waals surface area contributed by atoms with Gasteiger partial charge in [0.1, 0.15) is 0 Å². The Hall–Kier alpha value is -0.570. The summed E-state index contributed by atoms with van der Waals surface area (Å²) >= 11 is 0. The number of rotatable bonds is 7. The highest BCUT2D eigenvalue weighted by molar-refractivity contribution is 5.48. The lowest BCUT2D eigenvalue weighted by molar-refractivity contribution is 0.205. The molecule has 0 aromatic heterocycles. The van der Waals surface area contributed by atoms with E-state index in [-0.39, 0.29) is 0 Å². The highest BCUT2D eigenvalue weighted by Gasteiger charge is 2.20. The second-order valence-electron chi connectivity index (χ2n) is 4.60. The van der Waals surface area contributed by atoms with Gasteiger partial charge in [0.15, 0.2) is 0 Å². The number of likely N-dealkylation sites (tertiary alicyclic amines) is 1. The quantitative estimate of drug-likeness (QED) is 0.662. The van der Waals surface area contributed by atoms with Crippen LogP contribution in [-0.4, -0.2) is 48.4 Å².